The Labute approximate surface area is 253 Å². The summed E-state index contributed by atoms with van der Waals surface area (Å²) in [6, 6.07) is 0. The van der Waals surface area contributed by atoms with Gasteiger partial charge in [0.05, 0.1) is 47.4 Å². The number of carbonyl (C=O) groups is 1. The van der Waals surface area contributed by atoms with Crippen molar-refractivity contribution in [2.75, 3.05) is 7.11 Å². The van der Waals surface area contributed by atoms with E-state index >= 15 is 0 Å². The summed E-state index contributed by atoms with van der Waals surface area (Å²) in [5, 5.41) is 25.8. The number of carbonyl (C=O) groups excluding carboxylic acids is 1. The van der Waals surface area contributed by atoms with E-state index < -0.39 is 6.10 Å². The number of fused-ring (bicyclic) bond motifs is 5. The van der Waals surface area contributed by atoms with E-state index in [1.54, 1.807) is 6.92 Å². The van der Waals surface area contributed by atoms with Gasteiger partial charge in [-0.05, 0) is 81.9 Å². The van der Waals surface area contributed by atoms with Gasteiger partial charge in [0.25, 0.3) is 0 Å². The van der Waals surface area contributed by atoms with Crippen LogP contribution in [0.4, 0.5) is 0 Å². The highest BCUT2D eigenvalue weighted by atomic mass is 16.5. The lowest BCUT2D eigenvalue weighted by molar-refractivity contribution is -0.140. The number of nitrogens with zero attached hydrogens (tertiary/aromatic N) is 3. The quantitative estimate of drug-likeness (QED) is 0.326. The molecule has 5 aliphatic heterocycles. The number of ether oxygens (including phenoxy) is 1. The summed E-state index contributed by atoms with van der Waals surface area (Å²) in [7, 11) is 1.42. The van der Waals surface area contributed by atoms with Crippen molar-refractivity contribution in [3.05, 3.63) is 91.0 Å². The molecule has 1 unspecified atom stereocenters. The summed E-state index contributed by atoms with van der Waals surface area (Å²) in [4.78, 5) is 27.6. The zero-order valence-electron chi connectivity index (χ0n) is 26.3. The van der Waals surface area contributed by atoms with E-state index in [9.17, 15) is 15.0 Å². The van der Waals surface area contributed by atoms with Crippen molar-refractivity contribution in [3.8, 4) is 0 Å². The molecule has 0 amide bonds. The first-order valence-electron chi connectivity index (χ1n) is 15.2. The molecule has 0 radical (unpaired) electrons. The van der Waals surface area contributed by atoms with Gasteiger partial charge in [-0.1, -0.05) is 13.8 Å². The molecule has 8 nitrogen and oxygen atoms in total. The minimum Gasteiger partial charge on any atom is -0.511 e. The van der Waals surface area contributed by atoms with Gasteiger partial charge < -0.3 is 20.3 Å². The van der Waals surface area contributed by atoms with Gasteiger partial charge >= 0.3 is 5.97 Å². The van der Waals surface area contributed by atoms with Crippen LogP contribution in [0.1, 0.15) is 74.1 Å². The van der Waals surface area contributed by atoms with Crippen LogP contribution >= 0.6 is 0 Å². The predicted octanol–water partition coefficient (Wildman–Crippen LogP) is 6.38. The highest BCUT2D eigenvalue weighted by Crippen LogP contribution is 2.46. The Morgan fingerprint density at radius 2 is 1.74 bits per heavy atom. The molecule has 6 rings (SSSR count). The van der Waals surface area contributed by atoms with Crippen LogP contribution in [-0.2, 0) is 9.53 Å². The number of hydrogen-bond donors (Lipinski definition) is 3. The van der Waals surface area contributed by atoms with Gasteiger partial charge in [-0.25, -0.2) is 15.0 Å². The Bertz CT molecular complexity index is 1730. The molecule has 1 fully saturated rings. The largest absolute Gasteiger partial charge is 0.511 e. The minimum absolute atomic E-state index is 0.00975. The van der Waals surface area contributed by atoms with Crippen molar-refractivity contribution in [2.24, 2.45) is 26.8 Å². The van der Waals surface area contributed by atoms with Crippen LogP contribution in [0.25, 0.3) is 0 Å². The normalized spacial score (nSPS) is 25.5. The summed E-state index contributed by atoms with van der Waals surface area (Å²) < 4.78 is 4.99. The van der Waals surface area contributed by atoms with Crippen LogP contribution in [0, 0.1) is 11.8 Å². The molecule has 8 bridgehead atoms. The number of hydrogen-bond acceptors (Lipinski definition) is 8. The number of nitrogens with one attached hydrogen (secondary N) is 1. The maximum atomic E-state index is 12.2. The third-order valence-corrected chi connectivity index (χ3v) is 9.79. The average molecular weight is 581 g/mol. The molecule has 1 saturated heterocycles. The lowest BCUT2D eigenvalue weighted by Crippen LogP contribution is -2.16. The molecular weight excluding hydrogens is 540 g/mol. The second-order valence-electron chi connectivity index (χ2n) is 12.2. The maximum Gasteiger partial charge on any atom is 0.305 e. The Balaban J connectivity index is 1.64. The second-order valence-corrected chi connectivity index (χ2v) is 12.2. The van der Waals surface area contributed by atoms with Crippen molar-refractivity contribution < 1.29 is 19.7 Å². The molecule has 0 aromatic heterocycles. The van der Waals surface area contributed by atoms with Crippen molar-refractivity contribution >= 4 is 23.1 Å². The van der Waals surface area contributed by atoms with E-state index in [-0.39, 0.29) is 24.2 Å². The third kappa shape index (κ3) is 4.46. The molecule has 8 heteroatoms. The first-order chi connectivity index (χ1) is 20.5. The molecule has 1 aliphatic carbocycles. The zero-order chi connectivity index (χ0) is 30.9. The van der Waals surface area contributed by atoms with Gasteiger partial charge in [-0.3, -0.25) is 4.79 Å². The fraction of sp³-hybridized carbons (Fsp3) is 0.429. The third-order valence-electron chi connectivity index (χ3n) is 9.79. The summed E-state index contributed by atoms with van der Waals surface area (Å²) in [5.74, 6) is 0.0906. The molecule has 224 valence electrons. The van der Waals surface area contributed by atoms with E-state index in [1.165, 1.54) is 7.11 Å². The molecule has 3 N–H and O–H groups in total. The van der Waals surface area contributed by atoms with Gasteiger partial charge in [-0.2, -0.15) is 0 Å². The van der Waals surface area contributed by atoms with Gasteiger partial charge in [0, 0.05) is 58.4 Å². The number of esters is 1. The lowest BCUT2D eigenvalue weighted by Gasteiger charge is -2.18. The van der Waals surface area contributed by atoms with Crippen LogP contribution in [0.3, 0.4) is 0 Å². The van der Waals surface area contributed by atoms with Crippen molar-refractivity contribution in [1.82, 2.24) is 5.32 Å². The van der Waals surface area contributed by atoms with Gasteiger partial charge in [0.2, 0.25) is 0 Å². The Hall–Kier alpha value is -4.04. The SMILES string of the molecule is CCC1=C(C)C2=NC1=C(C)C1=CC3=C(O)CC(=C4NC(=C(C)C5=NC(=C2)C(C(C)O)=C5C)[C@@H](C)[C@@H]4CCC(=O)OC)C3=N1. The number of aliphatic hydroxyl groups excluding tert-OH is 2. The first kappa shape index (κ1) is 29.1. The average Bonchev–Trinajstić information content (AvgIpc) is 3.76. The van der Waals surface area contributed by atoms with Crippen LogP contribution in [0.2, 0.25) is 0 Å². The van der Waals surface area contributed by atoms with E-state index in [0.29, 0.717) is 18.6 Å². The van der Waals surface area contributed by atoms with Crippen LogP contribution < -0.4 is 5.32 Å². The molecule has 0 spiro atoms. The molecule has 3 atom stereocenters. The van der Waals surface area contributed by atoms with Gasteiger partial charge in [-0.15, -0.1) is 0 Å². The van der Waals surface area contributed by atoms with E-state index in [4.69, 9.17) is 19.7 Å². The topological polar surface area (TPSA) is 116 Å². The lowest BCUT2D eigenvalue weighted by atomic mass is 9.85. The Morgan fingerprint density at radius 1 is 1.02 bits per heavy atom. The molecule has 5 heterocycles. The summed E-state index contributed by atoms with van der Waals surface area (Å²) >= 11 is 0. The molecule has 43 heavy (non-hydrogen) atoms. The number of aliphatic hydroxyl groups is 2. The van der Waals surface area contributed by atoms with E-state index in [1.807, 2.05) is 26.0 Å². The van der Waals surface area contributed by atoms with Crippen LogP contribution in [-0.4, -0.2) is 46.5 Å². The van der Waals surface area contributed by atoms with E-state index in [2.05, 4.69) is 33.0 Å². The Morgan fingerprint density at radius 3 is 2.42 bits per heavy atom. The predicted molar refractivity (Wildman–Crippen MR) is 170 cm³/mol. The number of methoxy groups -OCH3 is 1. The minimum atomic E-state index is -0.706. The van der Waals surface area contributed by atoms with Gasteiger partial charge in [0.15, 0.2) is 0 Å². The first-order valence-corrected chi connectivity index (χ1v) is 15.2. The second kappa shape index (κ2) is 10.6. The number of aliphatic imine (C=N–C) groups is 3. The molecule has 0 saturated carbocycles. The number of rotatable bonds is 5. The van der Waals surface area contributed by atoms with Crippen molar-refractivity contribution in [2.45, 2.75) is 80.3 Å². The van der Waals surface area contributed by atoms with E-state index in [0.717, 1.165) is 96.6 Å². The van der Waals surface area contributed by atoms with Crippen LogP contribution in [0.5, 0.6) is 0 Å². The van der Waals surface area contributed by atoms with Crippen molar-refractivity contribution in [3.63, 3.8) is 0 Å². The smallest absolute Gasteiger partial charge is 0.305 e. The maximum absolute atomic E-state index is 12.2. The fourth-order valence-corrected chi connectivity index (χ4v) is 7.39. The highest BCUT2D eigenvalue weighted by Gasteiger charge is 2.41. The summed E-state index contributed by atoms with van der Waals surface area (Å²) in [6.07, 6.45) is 5.33. The standard InChI is InChI=1S/C35H40N4O4/c1-9-21-15(2)26-14-27-30(20(7)40)18(5)32(38-27)19(6)31-16(3)22(10-11-29(42)43-8)34(39-31)24-13-28(41)23-12-25(37-35(23)24)17(4)33(21)36-26/h12,14,16,20,22,39-41H,9-11,13H2,1-8H3/t16-,20?,22-/m0/s1. The number of allylic oxidation sites excluding steroid dienone is 11. The fourth-order valence-electron chi connectivity index (χ4n) is 7.39. The molecule has 6 aliphatic rings. The summed E-state index contributed by atoms with van der Waals surface area (Å²) in [6.45, 7) is 14.3. The molecule has 0 aromatic carbocycles. The van der Waals surface area contributed by atoms with Gasteiger partial charge in [0.1, 0.15) is 5.76 Å². The molecular formula is C35H40N4O4. The zero-order valence-corrected chi connectivity index (χ0v) is 26.3. The Kier molecular flexibility index (Phi) is 7.16. The van der Waals surface area contributed by atoms with Crippen LogP contribution in [0.15, 0.2) is 106 Å². The molecule has 0 aromatic rings. The van der Waals surface area contributed by atoms with Crippen molar-refractivity contribution in [1.29, 1.82) is 0 Å². The monoisotopic (exact) mass is 580 g/mol. The summed E-state index contributed by atoms with van der Waals surface area (Å²) in [5.41, 5.74) is 14.5. The highest BCUT2D eigenvalue weighted by molar-refractivity contribution is 6.20.